The zero-order chi connectivity index (χ0) is 12.3. The minimum Gasteiger partial charge on any atom is -0.462 e. The molecule has 0 spiro atoms. The van der Waals surface area contributed by atoms with Gasteiger partial charge in [0.1, 0.15) is 5.02 Å². The summed E-state index contributed by atoms with van der Waals surface area (Å²) in [4.78, 5) is 21.4. The molecule has 5 nitrogen and oxygen atoms in total. The topological polar surface area (TPSA) is 69.4 Å². The van der Waals surface area contributed by atoms with Crippen molar-refractivity contribution in [3.63, 3.8) is 0 Å². The highest BCUT2D eigenvalue weighted by Crippen LogP contribution is 2.34. The van der Waals surface area contributed by atoms with Gasteiger partial charge in [0.05, 0.1) is 21.6 Å². The number of esters is 1. The number of halogens is 2. The summed E-state index contributed by atoms with van der Waals surface area (Å²) in [6.45, 7) is 1.89. The van der Waals surface area contributed by atoms with Gasteiger partial charge >= 0.3 is 5.97 Å². The van der Waals surface area contributed by atoms with E-state index in [-0.39, 0.29) is 27.4 Å². The van der Waals surface area contributed by atoms with Gasteiger partial charge in [0.15, 0.2) is 0 Å². The average molecular weight is 309 g/mol. The van der Waals surface area contributed by atoms with Crippen LogP contribution in [0, 0.1) is 10.1 Å². The summed E-state index contributed by atoms with van der Waals surface area (Å²) in [6, 6.07) is 2.46. The first-order valence-electron chi connectivity index (χ1n) is 4.28. The van der Waals surface area contributed by atoms with Gasteiger partial charge in [-0.15, -0.1) is 0 Å². The van der Waals surface area contributed by atoms with E-state index in [2.05, 4.69) is 15.9 Å². The molecule has 0 aliphatic carbocycles. The number of nitrogens with zero attached hydrogens (tertiary/aromatic N) is 1. The standard InChI is InChI=1S/C9H7BrClNO4/c1-2-16-9(13)5-3-4-6(12(14)15)8(11)7(5)10/h3-4H,2H2,1H3. The fraction of sp³-hybridized carbons (Fsp3) is 0.222. The molecule has 0 N–H and O–H groups in total. The normalized spacial score (nSPS) is 9.94. The van der Waals surface area contributed by atoms with E-state index in [0.717, 1.165) is 0 Å². The van der Waals surface area contributed by atoms with Crippen LogP contribution in [0.3, 0.4) is 0 Å². The first-order valence-corrected chi connectivity index (χ1v) is 5.45. The van der Waals surface area contributed by atoms with Crippen LogP contribution in [0.15, 0.2) is 16.6 Å². The largest absolute Gasteiger partial charge is 0.462 e. The maximum atomic E-state index is 11.4. The molecule has 86 valence electrons. The molecule has 0 amide bonds. The Morgan fingerprint density at radius 1 is 1.62 bits per heavy atom. The molecule has 7 heteroatoms. The molecule has 0 unspecified atom stereocenters. The third-order valence-electron chi connectivity index (χ3n) is 1.75. The van der Waals surface area contributed by atoms with Crippen LogP contribution in [0.25, 0.3) is 0 Å². The molecule has 0 saturated carbocycles. The van der Waals surface area contributed by atoms with E-state index >= 15 is 0 Å². The Bertz CT molecular complexity index is 449. The first-order chi connectivity index (χ1) is 7.49. The highest BCUT2D eigenvalue weighted by atomic mass is 79.9. The van der Waals surface area contributed by atoms with Crippen molar-refractivity contribution >= 4 is 39.2 Å². The van der Waals surface area contributed by atoms with Gasteiger partial charge in [0.2, 0.25) is 0 Å². The van der Waals surface area contributed by atoms with Crippen molar-refractivity contribution in [2.45, 2.75) is 6.92 Å². The number of carbonyl (C=O) groups excluding carboxylic acids is 1. The van der Waals surface area contributed by atoms with E-state index in [0.29, 0.717) is 0 Å². The van der Waals surface area contributed by atoms with Gasteiger partial charge in [-0.3, -0.25) is 10.1 Å². The summed E-state index contributed by atoms with van der Waals surface area (Å²) in [5, 5.41) is 10.4. The summed E-state index contributed by atoms with van der Waals surface area (Å²) in [6.07, 6.45) is 0. The monoisotopic (exact) mass is 307 g/mol. The van der Waals surface area contributed by atoms with Gasteiger partial charge < -0.3 is 4.74 Å². The van der Waals surface area contributed by atoms with Gasteiger partial charge in [0.25, 0.3) is 5.69 Å². The molecule has 0 aliphatic rings. The molecule has 0 bridgehead atoms. The Morgan fingerprint density at radius 2 is 2.25 bits per heavy atom. The van der Waals surface area contributed by atoms with Crippen LogP contribution in [0.4, 0.5) is 5.69 Å². The number of hydrogen-bond donors (Lipinski definition) is 0. The van der Waals surface area contributed by atoms with E-state index < -0.39 is 10.9 Å². The number of nitro groups is 1. The fourth-order valence-corrected chi connectivity index (χ4v) is 1.78. The van der Waals surface area contributed by atoms with E-state index in [9.17, 15) is 14.9 Å². The highest BCUT2D eigenvalue weighted by Gasteiger charge is 2.21. The maximum absolute atomic E-state index is 11.4. The molecule has 0 aliphatic heterocycles. The van der Waals surface area contributed by atoms with Gasteiger partial charge in [-0.25, -0.2) is 4.79 Å². The predicted octanol–water partition coefficient (Wildman–Crippen LogP) is 3.19. The van der Waals surface area contributed by atoms with Crippen molar-refractivity contribution in [1.82, 2.24) is 0 Å². The zero-order valence-electron chi connectivity index (χ0n) is 8.20. The lowest BCUT2D eigenvalue weighted by atomic mass is 10.2. The lowest BCUT2D eigenvalue weighted by Gasteiger charge is -2.05. The van der Waals surface area contributed by atoms with Crippen molar-refractivity contribution in [3.8, 4) is 0 Å². The van der Waals surface area contributed by atoms with E-state index in [1.54, 1.807) is 6.92 Å². The molecule has 1 aromatic rings. The van der Waals surface area contributed by atoms with Gasteiger partial charge in [-0.2, -0.15) is 0 Å². The van der Waals surface area contributed by atoms with Crippen LogP contribution >= 0.6 is 27.5 Å². The molecule has 1 aromatic carbocycles. The molecular formula is C9H7BrClNO4. The molecular weight excluding hydrogens is 301 g/mol. The number of rotatable bonds is 3. The molecule has 16 heavy (non-hydrogen) atoms. The van der Waals surface area contributed by atoms with Gasteiger partial charge in [-0.05, 0) is 28.9 Å². The molecule has 0 aromatic heterocycles. The Kier molecular flexibility index (Phi) is 4.26. The SMILES string of the molecule is CCOC(=O)c1ccc([N+](=O)[O-])c(Cl)c1Br. The minimum atomic E-state index is -0.623. The number of nitro benzene ring substituents is 1. The molecule has 1 rings (SSSR count). The Balaban J connectivity index is 3.21. The second kappa shape index (κ2) is 5.27. The van der Waals surface area contributed by atoms with Crippen LogP contribution in [0.2, 0.25) is 5.02 Å². The second-order valence-electron chi connectivity index (χ2n) is 2.74. The summed E-state index contributed by atoms with van der Waals surface area (Å²) in [5.41, 5.74) is -0.0981. The number of benzene rings is 1. The molecule has 0 heterocycles. The molecule has 0 atom stereocenters. The van der Waals surface area contributed by atoms with Crippen molar-refractivity contribution in [2.75, 3.05) is 6.61 Å². The quantitative estimate of drug-likeness (QED) is 0.488. The van der Waals surface area contributed by atoms with E-state index in [1.165, 1.54) is 12.1 Å². The van der Waals surface area contributed by atoms with Crippen molar-refractivity contribution < 1.29 is 14.5 Å². The lowest BCUT2D eigenvalue weighted by molar-refractivity contribution is -0.384. The lowest BCUT2D eigenvalue weighted by Crippen LogP contribution is -2.06. The Hall–Kier alpha value is -1.14. The van der Waals surface area contributed by atoms with Crippen molar-refractivity contribution in [1.29, 1.82) is 0 Å². The van der Waals surface area contributed by atoms with Gasteiger partial charge in [-0.1, -0.05) is 11.6 Å². The summed E-state index contributed by atoms with van der Waals surface area (Å²) in [5.74, 6) is -0.578. The van der Waals surface area contributed by atoms with Gasteiger partial charge in [0, 0.05) is 6.07 Å². The van der Waals surface area contributed by atoms with Crippen LogP contribution < -0.4 is 0 Å². The van der Waals surface area contributed by atoms with Crippen molar-refractivity contribution in [2.24, 2.45) is 0 Å². The zero-order valence-corrected chi connectivity index (χ0v) is 10.5. The number of carbonyl (C=O) groups is 1. The Labute approximate surface area is 105 Å². The van der Waals surface area contributed by atoms with Crippen LogP contribution in [0.1, 0.15) is 17.3 Å². The summed E-state index contributed by atoms with van der Waals surface area (Å²) in [7, 11) is 0. The van der Waals surface area contributed by atoms with Crippen molar-refractivity contribution in [3.05, 3.63) is 37.3 Å². The highest BCUT2D eigenvalue weighted by molar-refractivity contribution is 9.10. The van der Waals surface area contributed by atoms with Crippen LogP contribution in [-0.2, 0) is 4.74 Å². The third-order valence-corrected chi connectivity index (χ3v) is 3.19. The maximum Gasteiger partial charge on any atom is 0.339 e. The fourth-order valence-electron chi connectivity index (χ4n) is 1.05. The molecule has 0 saturated heterocycles. The second-order valence-corrected chi connectivity index (χ2v) is 3.91. The molecule has 0 fully saturated rings. The van der Waals surface area contributed by atoms with Crippen LogP contribution in [0.5, 0.6) is 0 Å². The first kappa shape index (κ1) is 12.9. The number of hydrogen-bond acceptors (Lipinski definition) is 4. The Morgan fingerprint density at radius 3 is 2.75 bits per heavy atom. The van der Waals surface area contributed by atoms with E-state index in [1.807, 2.05) is 0 Å². The number of ether oxygens (including phenoxy) is 1. The molecule has 0 radical (unpaired) electrons. The third kappa shape index (κ3) is 2.51. The summed E-state index contributed by atoms with van der Waals surface area (Å²) >= 11 is 8.77. The summed E-state index contributed by atoms with van der Waals surface area (Å²) < 4.78 is 4.94. The average Bonchev–Trinajstić information content (AvgIpc) is 2.21. The smallest absolute Gasteiger partial charge is 0.339 e. The predicted molar refractivity (Wildman–Crippen MR) is 61.8 cm³/mol. The minimum absolute atomic E-state index is 0.115. The van der Waals surface area contributed by atoms with E-state index in [4.69, 9.17) is 16.3 Å². The van der Waals surface area contributed by atoms with Crippen LogP contribution in [-0.4, -0.2) is 17.5 Å².